The highest BCUT2D eigenvalue weighted by Crippen LogP contribution is 2.20. The first kappa shape index (κ1) is 23.2. The molecular formula is C26H27FN4O3. The lowest BCUT2D eigenvalue weighted by atomic mass is 10.0. The summed E-state index contributed by atoms with van der Waals surface area (Å²) in [5.74, 6) is 0.233. The summed E-state index contributed by atoms with van der Waals surface area (Å²) < 4.78 is 19.0. The minimum atomic E-state index is -0.301. The zero-order valence-corrected chi connectivity index (χ0v) is 19.0. The molecular weight excluding hydrogens is 435 g/mol. The van der Waals surface area contributed by atoms with E-state index in [0.717, 1.165) is 5.56 Å². The number of amides is 3. The summed E-state index contributed by atoms with van der Waals surface area (Å²) >= 11 is 0. The molecule has 1 fully saturated rings. The molecule has 34 heavy (non-hydrogen) atoms. The first-order chi connectivity index (χ1) is 16.5. The molecule has 0 unspecified atom stereocenters. The average Bonchev–Trinajstić information content (AvgIpc) is 2.87. The number of pyridine rings is 1. The second-order valence-electron chi connectivity index (χ2n) is 8.25. The van der Waals surface area contributed by atoms with Crippen LogP contribution >= 0.6 is 0 Å². The van der Waals surface area contributed by atoms with Gasteiger partial charge in [0.05, 0.1) is 11.9 Å². The van der Waals surface area contributed by atoms with Crippen LogP contribution in [0.15, 0.2) is 73.1 Å². The molecule has 4 rings (SSSR count). The van der Waals surface area contributed by atoms with Crippen molar-refractivity contribution in [3.8, 4) is 5.75 Å². The fourth-order valence-electron chi connectivity index (χ4n) is 3.95. The monoisotopic (exact) mass is 462 g/mol. The highest BCUT2D eigenvalue weighted by atomic mass is 19.1. The van der Waals surface area contributed by atoms with Gasteiger partial charge in [0.25, 0.3) is 5.91 Å². The summed E-state index contributed by atoms with van der Waals surface area (Å²) in [7, 11) is 1.80. The van der Waals surface area contributed by atoms with Crippen LogP contribution in [0.3, 0.4) is 0 Å². The van der Waals surface area contributed by atoms with Crippen LogP contribution in [0.1, 0.15) is 28.8 Å². The summed E-state index contributed by atoms with van der Waals surface area (Å²) in [4.78, 5) is 32.9. The van der Waals surface area contributed by atoms with Crippen LogP contribution in [-0.2, 0) is 6.61 Å². The van der Waals surface area contributed by atoms with Gasteiger partial charge < -0.3 is 19.9 Å². The van der Waals surface area contributed by atoms with Crippen LogP contribution in [0.4, 0.5) is 14.9 Å². The van der Waals surface area contributed by atoms with Crippen molar-refractivity contribution in [2.24, 2.45) is 0 Å². The van der Waals surface area contributed by atoms with Crippen molar-refractivity contribution in [1.82, 2.24) is 14.8 Å². The van der Waals surface area contributed by atoms with E-state index < -0.39 is 0 Å². The van der Waals surface area contributed by atoms with Crippen molar-refractivity contribution >= 4 is 17.6 Å². The van der Waals surface area contributed by atoms with E-state index in [1.165, 1.54) is 12.1 Å². The Morgan fingerprint density at radius 3 is 2.56 bits per heavy atom. The fourth-order valence-corrected chi connectivity index (χ4v) is 3.95. The number of carbonyl (C=O) groups excluding carboxylic acids is 2. The van der Waals surface area contributed by atoms with Crippen LogP contribution in [0, 0.1) is 5.82 Å². The zero-order chi connectivity index (χ0) is 23.9. The maximum absolute atomic E-state index is 13.3. The van der Waals surface area contributed by atoms with Crippen LogP contribution in [-0.4, -0.2) is 52.9 Å². The first-order valence-electron chi connectivity index (χ1n) is 11.2. The first-order valence-corrected chi connectivity index (χ1v) is 11.2. The van der Waals surface area contributed by atoms with Gasteiger partial charge in [-0.2, -0.15) is 0 Å². The lowest BCUT2D eigenvalue weighted by Gasteiger charge is -2.36. The fraction of sp³-hybridized carbons (Fsp3) is 0.269. The summed E-state index contributed by atoms with van der Waals surface area (Å²) in [5, 5.41) is 2.85. The van der Waals surface area contributed by atoms with Gasteiger partial charge in [0.1, 0.15) is 18.2 Å². The van der Waals surface area contributed by atoms with Gasteiger partial charge >= 0.3 is 6.03 Å². The highest BCUT2D eigenvalue weighted by Gasteiger charge is 2.28. The van der Waals surface area contributed by atoms with Crippen LogP contribution in [0.5, 0.6) is 5.75 Å². The predicted molar refractivity (Wildman–Crippen MR) is 127 cm³/mol. The molecule has 0 spiro atoms. The summed E-state index contributed by atoms with van der Waals surface area (Å²) in [5.41, 5.74) is 1.96. The Kier molecular flexibility index (Phi) is 7.37. The van der Waals surface area contributed by atoms with E-state index in [-0.39, 0.29) is 30.4 Å². The maximum Gasteiger partial charge on any atom is 0.321 e. The number of hydrogen-bond donors (Lipinski definition) is 1. The molecule has 0 saturated carbocycles. The molecule has 1 aromatic heterocycles. The van der Waals surface area contributed by atoms with Gasteiger partial charge in [0.15, 0.2) is 0 Å². The zero-order valence-electron chi connectivity index (χ0n) is 19.0. The van der Waals surface area contributed by atoms with E-state index in [9.17, 15) is 14.0 Å². The highest BCUT2D eigenvalue weighted by molar-refractivity contribution is 5.94. The molecule has 176 valence electrons. The minimum absolute atomic E-state index is 0.0545. The van der Waals surface area contributed by atoms with Gasteiger partial charge in [-0.25, -0.2) is 9.18 Å². The van der Waals surface area contributed by atoms with E-state index in [4.69, 9.17) is 4.74 Å². The number of urea groups is 1. The number of ether oxygens (including phenoxy) is 1. The van der Waals surface area contributed by atoms with E-state index in [1.807, 2.05) is 0 Å². The molecule has 1 N–H and O–H groups in total. The van der Waals surface area contributed by atoms with Gasteiger partial charge in [0.2, 0.25) is 0 Å². The van der Waals surface area contributed by atoms with Gasteiger partial charge in [-0.15, -0.1) is 0 Å². The van der Waals surface area contributed by atoms with Crippen molar-refractivity contribution in [3.63, 3.8) is 0 Å². The molecule has 0 aliphatic carbocycles. The molecule has 7 nitrogen and oxygen atoms in total. The number of halogens is 1. The Bertz CT molecular complexity index is 1120. The molecule has 2 aromatic carbocycles. The smallest absolute Gasteiger partial charge is 0.321 e. The number of aromatic nitrogens is 1. The Morgan fingerprint density at radius 1 is 1.12 bits per heavy atom. The molecule has 1 saturated heterocycles. The molecule has 1 aliphatic rings. The van der Waals surface area contributed by atoms with Crippen molar-refractivity contribution < 1.29 is 18.7 Å². The van der Waals surface area contributed by atoms with Gasteiger partial charge in [0, 0.05) is 37.9 Å². The van der Waals surface area contributed by atoms with E-state index in [1.54, 1.807) is 77.8 Å². The summed E-state index contributed by atoms with van der Waals surface area (Å²) in [6.07, 6.45) is 4.67. The van der Waals surface area contributed by atoms with Crippen molar-refractivity contribution in [2.75, 3.05) is 25.5 Å². The standard InChI is InChI=1S/C26H27FN4O3/c1-30(23-11-14-31(15-12-23)26(33)29-22-6-3-13-28-17-22)25(32)20-7-9-24(10-8-20)34-18-19-4-2-5-21(27)16-19/h2-10,13,16-17,23H,11-12,14-15,18H2,1H3,(H,29,33). The van der Waals surface area contributed by atoms with Gasteiger partial charge in [-0.1, -0.05) is 12.1 Å². The number of likely N-dealkylation sites (tertiary alicyclic amines) is 1. The van der Waals surface area contributed by atoms with Gasteiger partial charge in [-0.3, -0.25) is 9.78 Å². The number of hydrogen-bond acceptors (Lipinski definition) is 4. The molecule has 0 bridgehead atoms. The predicted octanol–water partition coefficient (Wildman–Crippen LogP) is 4.57. The largest absolute Gasteiger partial charge is 0.489 e. The van der Waals surface area contributed by atoms with Crippen molar-refractivity contribution in [2.45, 2.75) is 25.5 Å². The van der Waals surface area contributed by atoms with Gasteiger partial charge in [-0.05, 0) is 66.9 Å². The Balaban J connectivity index is 1.26. The second kappa shape index (κ2) is 10.8. The Morgan fingerprint density at radius 2 is 1.88 bits per heavy atom. The summed E-state index contributed by atoms with van der Waals surface area (Å²) in [6, 6.07) is 16.7. The maximum atomic E-state index is 13.3. The molecule has 2 heterocycles. The van der Waals surface area contributed by atoms with Crippen molar-refractivity contribution in [1.29, 1.82) is 0 Å². The third kappa shape index (κ3) is 5.89. The molecule has 1 aliphatic heterocycles. The van der Waals surface area contributed by atoms with Crippen LogP contribution in [0.2, 0.25) is 0 Å². The van der Waals surface area contributed by atoms with Crippen molar-refractivity contribution in [3.05, 3.63) is 90.0 Å². The van der Waals surface area contributed by atoms with E-state index in [2.05, 4.69) is 10.3 Å². The Hall–Kier alpha value is -3.94. The normalized spacial score (nSPS) is 13.9. The van der Waals surface area contributed by atoms with Crippen LogP contribution < -0.4 is 10.1 Å². The third-order valence-electron chi connectivity index (χ3n) is 5.93. The molecule has 3 amide bonds. The number of carbonyl (C=O) groups is 2. The number of rotatable bonds is 6. The summed E-state index contributed by atoms with van der Waals surface area (Å²) in [6.45, 7) is 1.39. The third-order valence-corrected chi connectivity index (χ3v) is 5.93. The number of nitrogens with zero attached hydrogens (tertiary/aromatic N) is 3. The Labute approximate surface area is 198 Å². The minimum Gasteiger partial charge on any atom is -0.489 e. The number of anilines is 1. The second-order valence-corrected chi connectivity index (χ2v) is 8.25. The van der Waals surface area contributed by atoms with Crippen LogP contribution in [0.25, 0.3) is 0 Å². The SMILES string of the molecule is CN(C(=O)c1ccc(OCc2cccc(F)c2)cc1)C1CCN(C(=O)Nc2cccnc2)CC1. The molecule has 8 heteroatoms. The average molecular weight is 463 g/mol. The molecule has 3 aromatic rings. The van der Waals surface area contributed by atoms with E-state index >= 15 is 0 Å². The lowest BCUT2D eigenvalue weighted by Crippen LogP contribution is -2.48. The number of benzene rings is 2. The number of piperidine rings is 1. The topological polar surface area (TPSA) is 74.8 Å². The number of nitrogens with one attached hydrogen (secondary N) is 1. The molecule has 0 radical (unpaired) electrons. The van der Waals surface area contributed by atoms with E-state index in [0.29, 0.717) is 42.9 Å². The quantitative estimate of drug-likeness (QED) is 0.583. The lowest BCUT2D eigenvalue weighted by molar-refractivity contribution is 0.0667. The molecule has 0 atom stereocenters.